The topological polar surface area (TPSA) is 140 Å². The van der Waals surface area contributed by atoms with Gasteiger partial charge in [-0.15, -0.1) is 0 Å². The number of hydrogen-bond donors (Lipinski definition) is 6. The third-order valence-electron chi connectivity index (χ3n) is 5.18. The molecule has 0 spiro atoms. The van der Waals surface area contributed by atoms with Crippen LogP contribution in [0.25, 0.3) is 0 Å². The fraction of sp³-hybridized carbons (Fsp3) is 0.520. The molecular formula is C25H37ClO8. The minimum absolute atomic E-state index is 0. The van der Waals surface area contributed by atoms with E-state index in [4.69, 9.17) is 31.3 Å². The Morgan fingerprint density at radius 3 is 2.15 bits per heavy atom. The summed E-state index contributed by atoms with van der Waals surface area (Å²) in [4.78, 5) is 0. The minimum atomic E-state index is -1.42. The zero-order valence-corrected chi connectivity index (χ0v) is 19.5. The monoisotopic (exact) mass is 500 g/mol. The van der Waals surface area contributed by atoms with Crippen molar-refractivity contribution in [1.82, 2.24) is 0 Å². The Bertz CT molecular complexity index is 843. The van der Waals surface area contributed by atoms with Gasteiger partial charge in [-0.2, -0.15) is 0 Å². The molecule has 192 valence electrons. The van der Waals surface area contributed by atoms with Crippen molar-refractivity contribution in [3.8, 4) is 5.75 Å². The van der Waals surface area contributed by atoms with Crippen LogP contribution in [0.3, 0.4) is 0 Å². The molecule has 2 aromatic rings. The van der Waals surface area contributed by atoms with Crippen LogP contribution < -0.4 is 4.74 Å². The number of ether oxygens (including phenoxy) is 2. The highest BCUT2D eigenvalue weighted by Crippen LogP contribution is 2.34. The molecular weight excluding hydrogens is 464 g/mol. The van der Waals surface area contributed by atoms with E-state index in [1.807, 2.05) is 37.3 Å². The van der Waals surface area contributed by atoms with Crippen molar-refractivity contribution in [3.05, 3.63) is 64.2 Å². The molecule has 0 aliphatic carbocycles. The van der Waals surface area contributed by atoms with Crippen LogP contribution in [0, 0.1) is 0 Å². The summed E-state index contributed by atoms with van der Waals surface area (Å²) in [5.41, 5.74) is 2.49. The number of hydrogen-bond acceptors (Lipinski definition) is 8. The highest BCUT2D eigenvalue weighted by molar-refractivity contribution is 6.31. The molecule has 0 amide bonds. The average Bonchev–Trinajstić information content (AvgIpc) is 2.81. The highest BCUT2D eigenvalue weighted by Gasteiger charge is 2.44. The van der Waals surface area contributed by atoms with Crippen molar-refractivity contribution in [2.24, 2.45) is 0 Å². The van der Waals surface area contributed by atoms with Gasteiger partial charge in [-0.25, -0.2) is 0 Å². The molecule has 0 bridgehead atoms. The van der Waals surface area contributed by atoms with Crippen molar-refractivity contribution in [1.29, 1.82) is 0 Å². The van der Waals surface area contributed by atoms with E-state index in [-0.39, 0.29) is 14.0 Å². The van der Waals surface area contributed by atoms with Gasteiger partial charge in [0.15, 0.2) is 0 Å². The van der Waals surface area contributed by atoms with E-state index in [1.54, 1.807) is 12.1 Å². The molecule has 0 unspecified atom stereocenters. The first kappa shape index (κ1) is 30.3. The molecule has 1 fully saturated rings. The predicted octanol–water partition coefficient (Wildman–Crippen LogP) is 1.84. The van der Waals surface area contributed by atoms with Crippen molar-refractivity contribution in [2.75, 3.05) is 19.8 Å². The molecule has 0 saturated carbocycles. The molecule has 6 atom stereocenters. The van der Waals surface area contributed by atoms with E-state index in [0.29, 0.717) is 23.6 Å². The van der Waals surface area contributed by atoms with Crippen LogP contribution in [0.4, 0.5) is 0 Å². The average molecular weight is 501 g/mol. The van der Waals surface area contributed by atoms with E-state index in [0.717, 1.165) is 16.9 Å². The zero-order chi connectivity index (χ0) is 24.5. The second kappa shape index (κ2) is 14.6. The van der Waals surface area contributed by atoms with Gasteiger partial charge in [0, 0.05) is 5.02 Å². The van der Waals surface area contributed by atoms with Gasteiger partial charge in [-0.3, -0.25) is 0 Å². The summed E-state index contributed by atoms with van der Waals surface area (Å²) in [6, 6.07) is 12.9. The lowest BCUT2D eigenvalue weighted by atomic mass is 9.90. The molecule has 3 rings (SSSR count). The van der Waals surface area contributed by atoms with E-state index < -0.39 is 43.2 Å². The van der Waals surface area contributed by atoms with Crippen molar-refractivity contribution in [2.45, 2.75) is 64.3 Å². The SMILES string of the molecule is C.CCOc1ccc(Cc2cc([C@@H]3O[C@H](CO)[C@@H](O)[C@H](O)[C@H]3O)ccc2Cl)cc1.C[C@H](O)CO. The highest BCUT2D eigenvalue weighted by atomic mass is 35.5. The summed E-state index contributed by atoms with van der Waals surface area (Å²) in [6.07, 6.45) is -5.95. The van der Waals surface area contributed by atoms with Crippen LogP contribution in [-0.4, -0.2) is 81.0 Å². The summed E-state index contributed by atoms with van der Waals surface area (Å²) in [7, 11) is 0. The molecule has 1 aliphatic rings. The van der Waals surface area contributed by atoms with Crippen molar-refractivity contribution in [3.63, 3.8) is 0 Å². The fourth-order valence-electron chi connectivity index (χ4n) is 3.37. The molecule has 1 saturated heterocycles. The van der Waals surface area contributed by atoms with Crippen LogP contribution in [0.1, 0.15) is 44.1 Å². The minimum Gasteiger partial charge on any atom is -0.494 e. The Kier molecular flexibility index (Phi) is 13.0. The first-order valence-electron chi connectivity index (χ1n) is 10.8. The van der Waals surface area contributed by atoms with E-state index in [2.05, 4.69) is 0 Å². The first-order valence-corrected chi connectivity index (χ1v) is 11.2. The number of aliphatic hydroxyl groups excluding tert-OH is 6. The summed E-state index contributed by atoms with van der Waals surface area (Å²) < 4.78 is 11.1. The van der Waals surface area contributed by atoms with E-state index in [1.165, 1.54) is 6.92 Å². The fourth-order valence-corrected chi connectivity index (χ4v) is 3.56. The van der Waals surface area contributed by atoms with E-state index in [9.17, 15) is 20.4 Å². The van der Waals surface area contributed by atoms with E-state index >= 15 is 0 Å². The normalized spacial score (nSPS) is 24.9. The Morgan fingerprint density at radius 2 is 1.62 bits per heavy atom. The molecule has 9 heteroatoms. The third-order valence-corrected chi connectivity index (χ3v) is 5.55. The van der Waals surface area contributed by atoms with Crippen LogP contribution in [0.2, 0.25) is 5.02 Å². The maximum Gasteiger partial charge on any atom is 0.119 e. The molecule has 6 N–H and O–H groups in total. The molecule has 0 radical (unpaired) electrons. The van der Waals surface area contributed by atoms with Gasteiger partial charge in [0.1, 0.15) is 36.3 Å². The lowest BCUT2D eigenvalue weighted by Crippen LogP contribution is -2.55. The summed E-state index contributed by atoms with van der Waals surface area (Å²) in [5, 5.41) is 56.3. The largest absolute Gasteiger partial charge is 0.494 e. The first-order chi connectivity index (χ1) is 15.7. The van der Waals surface area contributed by atoms with Crippen molar-refractivity contribution >= 4 is 11.6 Å². The van der Waals surface area contributed by atoms with Gasteiger partial charge >= 0.3 is 0 Å². The summed E-state index contributed by atoms with van der Waals surface area (Å²) in [6.45, 7) is 3.46. The number of benzene rings is 2. The van der Waals surface area contributed by atoms with Crippen LogP contribution in [-0.2, 0) is 11.2 Å². The molecule has 1 aliphatic heterocycles. The number of aliphatic hydroxyl groups is 6. The van der Waals surface area contributed by atoms with Gasteiger partial charge in [-0.05, 0) is 55.2 Å². The molecule has 8 nitrogen and oxygen atoms in total. The lowest BCUT2D eigenvalue weighted by Gasteiger charge is -2.40. The summed E-state index contributed by atoms with van der Waals surface area (Å²) >= 11 is 6.35. The van der Waals surface area contributed by atoms with Gasteiger partial charge in [0.2, 0.25) is 0 Å². The number of halogens is 1. The van der Waals surface area contributed by atoms with Gasteiger partial charge in [0.25, 0.3) is 0 Å². The predicted molar refractivity (Wildman–Crippen MR) is 130 cm³/mol. The van der Waals surface area contributed by atoms with Crippen LogP contribution in [0.15, 0.2) is 42.5 Å². The standard InChI is InChI=1S/C21H25ClO6.C3H8O2.CH4/c1-2-27-15-6-3-12(4-7-15)9-14-10-13(5-8-16(14)22)21-20(26)19(25)18(24)17(11-23)28-21;1-3(5)2-4;/h3-8,10,17-21,23-26H,2,9,11H2,1H3;3-5H,2H2,1H3;1H4/t17-,18-,19+,20-,21+;3-;/m10./s1. The maximum absolute atomic E-state index is 10.3. The quantitative estimate of drug-likeness (QED) is 0.338. The Hall–Kier alpha value is -1.75. The second-order valence-electron chi connectivity index (χ2n) is 7.89. The van der Waals surface area contributed by atoms with Crippen molar-refractivity contribution < 1.29 is 40.1 Å². The van der Waals surface area contributed by atoms with Gasteiger partial charge < -0.3 is 40.1 Å². The Morgan fingerprint density at radius 1 is 1.00 bits per heavy atom. The molecule has 0 aromatic heterocycles. The van der Waals surface area contributed by atoms with Gasteiger partial charge in [-0.1, -0.05) is 43.3 Å². The Labute approximate surface area is 206 Å². The second-order valence-corrected chi connectivity index (χ2v) is 8.29. The van der Waals surface area contributed by atoms with Crippen LogP contribution in [0.5, 0.6) is 5.75 Å². The molecule has 34 heavy (non-hydrogen) atoms. The number of rotatable bonds is 7. The molecule has 1 heterocycles. The van der Waals surface area contributed by atoms with Gasteiger partial charge in [0.05, 0.1) is 25.9 Å². The Balaban J connectivity index is 0.000000873. The lowest BCUT2D eigenvalue weighted by molar-refractivity contribution is -0.231. The molecule has 2 aromatic carbocycles. The maximum atomic E-state index is 10.3. The smallest absolute Gasteiger partial charge is 0.119 e. The third kappa shape index (κ3) is 8.18. The van der Waals surface area contributed by atoms with Crippen LogP contribution >= 0.6 is 11.6 Å². The summed E-state index contributed by atoms with van der Waals surface area (Å²) in [5.74, 6) is 0.799. The zero-order valence-electron chi connectivity index (χ0n) is 18.7.